The molecule has 0 atom stereocenters. The number of hydrogen-bond acceptors (Lipinski definition) is 2. The molecule has 0 unspecified atom stereocenters. The summed E-state index contributed by atoms with van der Waals surface area (Å²) >= 11 is 6.11. The molecule has 80 valence electrons. The van der Waals surface area contributed by atoms with Crippen LogP contribution in [0.3, 0.4) is 0 Å². The summed E-state index contributed by atoms with van der Waals surface area (Å²) in [4.78, 5) is 6.36. The molecule has 2 rings (SSSR count). The molecule has 1 fully saturated rings. The summed E-state index contributed by atoms with van der Waals surface area (Å²) in [7, 11) is 0. The zero-order valence-corrected chi connectivity index (χ0v) is 9.15. The van der Waals surface area contributed by atoms with Gasteiger partial charge < -0.3 is 9.64 Å². The normalized spacial score (nSPS) is 17.9. The molecule has 1 heterocycles. The van der Waals surface area contributed by atoms with Gasteiger partial charge in [-0.05, 0) is 23.7 Å². The molecule has 1 aromatic rings. The Morgan fingerprint density at radius 1 is 1.20 bits per heavy atom. The number of halogens is 1. The van der Waals surface area contributed by atoms with E-state index < -0.39 is 0 Å². The molecule has 1 aliphatic rings. The number of morpholine rings is 1. The topological polar surface area (TPSA) is 24.8 Å². The second kappa shape index (κ2) is 5.14. The van der Waals surface area contributed by atoms with Gasteiger partial charge in [0.25, 0.3) is 0 Å². The van der Waals surface area contributed by atoms with Gasteiger partial charge in [-0.25, -0.2) is 4.99 Å². The quantitative estimate of drug-likeness (QED) is 0.415. The SMILES string of the molecule is Cl/C(=N\c1ccccc1)N1CCOCC1. The van der Waals surface area contributed by atoms with Crippen molar-refractivity contribution in [2.75, 3.05) is 26.3 Å². The minimum Gasteiger partial charge on any atom is -0.378 e. The van der Waals surface area contributed by atoms with Crippen LogP contribution in [-0.4, -0.2) is 36.5 Å². The number of rotatable bonds is 1. The fourth-order valence-corrected chi connectivity index (χ4v) is 1.69. The van der Waals surface area contributed by atoms with Gasteiger partial charge in [0.15, 0.2) is 5.29 Å². The lowest BCUT2D eigenvalue weighted by atomic mass is 10.3. The van der Waals surface area contributed by atoms with Crippen molar-refractivity contribution in [3.05, 3.63) is 30.3 Å². The van der Waals surface area contributed by atoms with Gasteiger partial charge in [0.1, 0.15) is 0 Å². The largest absolute Gasteiger partial charge is 0.378 e. The van der Waals surface area contributed by atoms with Gasteiger partial charge in [-0.15, -0.1) is 0 Å². The number of amidine groups is 1. The molecule has 1 aliphatic heterocycles. The van der Waals surface area contributed by atoms with Crippen molar-refractivity contribution in [1.29, 1.82) is 0 Å². The van der Waals surface area contributed by atoms with Gasteiger partial charge in [0, 0.05) is 13.1 Å². The molecule has 0 N–H and O–H groups in total. The van der Waals surface area contributed by atoms with Crippen LogP contribution >= 0.6 is 11.6 Å². The number of benzene rings is 1. The molecule has 15 heavy (non-hydrogen) atoms. The highest BCUT2D eigenvalue weighted by atomic mass is 35.5. The number of ether oxygens (including phenoxy) is 1. The van der Waals surface area contributed by atoms with Crippen molar-refractivity contribution >= 4 is 22.6 Å². The first-order chi connectivity index (χ1) is 7.36. The summed E-state index contributed by atoms with van der Waals surface area (Å²) in [6, 6.07) is 9.72. The molecule has 0 spiro atoms. The fraction of sp³-hybridized carbons (Fsp3) is 0.364. The predicted molar refractivity (Wildman–Crippen MR) is 61.8 cm³/mol. The average molecular weight is 225 g/mol. The molecule has 3 nitrogen and oxygen atoms in total. The lowest BCUT2D eigenvalue weighted by Crippen LogP contribution is -2.38. The molecule has 0 saturated carbocycles. The number of nitrogens with zero attached hydrogens (tertiary/aromatic N) is 2. The van der Waals surface area contributed by atoms with E-state index in [4.69, 9.17) is 16.3 Å². The molecular weight excluding hydrogens is 212 g/mol. The maximum Gasteiger partial charge on any atom is 0.199 e. The fourth-order valence-electron chi connectivity index (χ4n) is 1.43. The van der Waals surface area contributed by atoms with E-state index in [-0.39, 0.29) is 0 Å². The number of para-hydroxylation sites is 1. The maximum atomic E-state index is 6.11. The molecule has 0 aromatic heterocycles. The second-order valence-electron chi connectivity index (χ2n) is 3.32. The van der Waals surface area contributed by atoms with E-state index in [1.165, 1.54) is 0 Å². The Morgan fingerprint density at radius 3 is 2.53 bits per heavy atom. The van der Waals surface area contributed by atoms with Crippen LogP contribution in [0.15, 0.2) is 35.3 Å². The Balaban J connectivity index is 2.06. The maximum absolute atomic E-state index is 6.11. The molecule has 0 aliphatic carbocycles. The van der Waals surface area contributed by atoms with Gasteiger partial charge in [0.2, 0.25) is 0 Å². The van der Waals surface area contributed by atoms with Crippen molar-refractivity contribution < 1.29 is 4.74 Å². The second-order valence-corrected chi connectivity index (χ2v) is 3.65. The van der Waals surface area contributed by atoms with Crippen LogP contribution in [0.1, 0.15) is 0 Å². The van der Waals surface area contributed by atoms with Crippen LogP contribution in [0.5, 0.6) is 0 Å². The molecule has 1 aromatic carbocycles. The Kier molecular flexibility index (Phi) is 3.59. The predicted octanol–water partition coefficient (Wildman–Crippen LogP) is 2.25. The smallest absolute Gasteiger partial charge is 0.199 e. The molecule has 0 radical (unpaired) electrons. The molecular formula is C11H13ClN2O. The van der Waals surface area contributed by atoms with Crippen LogP contribution in [0.4, 0.5) is 5.69 Å². The summed E-state index contributed by atoms with van der Waals surface area (Å²) in [6.45, 7) is 3.07. The van der Waals surface area contributed by atoms with Crippen LogP contribution in [0.25, 0.3) is 0 Å². The van der Waals surface area contributed by atoms with Gasteiger partial charge in [0.05, 0.1) is 18.9 Å². The van der Waals surface area contributed by atoms with Gasteiger partial charge in [-0.2, -0.15) is 0 Å². The summed E-state index contributed by atoms with van der Waals surface area (Å²) < 4.78 is 5.24. The minimum atomic E-state index is 0.546. The first-order valence-electron chi connectivity index (χ1n) is 4.98. The van der Waals surface area contributed by atoms with E-state index in [0.29, 0.717) is 5.29 Å². The van der Waals surface area contributed by atoms with E-state index in [1.807, 2.05) is 35.2 Å². The highest BCUT2D eigenvalue weighted by Crippen LogP contribution is 2.13. The summed E-state index contributed by atoms with van der Waals surface area (Å²) in [5, 5.41) is 0.546. The zero-order chi connectivity index (χ0) is 10.5. The van der Waals surface area contributed by atoms with Crippen molar-refractivity contribution in [2.45, 2.75) is 0 Å². The minimum absolute atomic E-state index is 0.546. The highest BCUT2D eigenvalue weighted by Gasteiger charge is 2.12. The Bertz CT molecular complexity index is 334. The van der Waals surface area contributed by atoms with Gasteiger partial charge >= 0.3 is 0 Å². The number of aliphatic imine (C=N–C) groups is 1. The standard InChI is InChI=1S/C11H13ClN2O/c12-11(14-6-8-15-9-7-14)13-10-4-2-1-3-5-10/h1-5H,6-9H2/b13-11+. The third-order valence-electron chi connectivity index (χ3n) is 2.25. The van der Waals surface area contributed by atoms with Crippen molar-refractivity contribution in [2.24, 2.45) is 4.99 Å². The zero-order valence-electron chi connectivity index (χ0n) is 8.40. The van der Waals surface area contributed by atoms with E-state index in [1.54, 1.807) is 0 Å². The third-order valence-corrected chi connectivity index (χ3v) is 2.57. The summed E-state index contributed by atoms with van der Waals surface area (Å²) in [5.74, 6) is 0. The molecule has 0 amide bonds. The summed E-state index contributed by atoms with van der Waals surface area (Å²) in [5.41, 5.74) is 0.883. The summed E-state index contributed by atoms with van der Waals surface area (Å²) in [6.07, 6.45) is 0. The van der Waals surface area contributed by atoms with E-state index in [2.05, 4.69) is 4.99 Å². The number of hydrogen-bond donors (Lipinski definition) is 0. The Hall–Kier alpha value is -1.06. The van der Waals surface area contributed by atoms with Crippen molar-refractivity contribution in [3.8, 4) is 0 Å². The van der Waals surface area contributed by atoms with Crippen molar-refractivity contribution in [3.63, 3.8) is 0 Å². The van der Waals surface area contributed by atoms with Crippen molar-refractivity contribution in [1.82, 2.24) is 4.90 Å². The van der Waals surface area contributed by atoms with Crippen LogP contribution in [-0.2, 0) is 4.74 Å². The first kappa shape index (κ1) is 10.5. The lowest BCUT2D eigenvalue weighted by molar-refractivity contribution is 0.0692. The first-order valence-corrected chi connectivity index (χ1v) is 5.36. The van der Waals surface area contributed by atoms with E-state index in [9.17, 15) is 0 Å². The van der Waals surface area contributed by atoms with E-state index in [0.717, 1.165) is 32.0 Å². The Morgan fingerprint density at radius 2 is 1.87 bits per heavy atom. The lowest BCUT2D eigenvalue weighted by Gasteiger charge is -2.26. The van der Waals surface area contributed by atoms with Gasteiger partial charge in [-0.1, -0.05) is 18.2 Å². The monoisotopic (exact) mass is 224 g/mol. The average Bonchev–Trinajstić information content (AvgIpc) is 2.31. The van der Waals surface area contributed by atoms with Crippen LogP contribution in [0.2, 0.25) is 0 Å². The van der Waals surface area contributed by atoms with Crippen LogP contribution in [0, 0.1) is 0 Å². The molecule has 1 saturated heterocycles. The third kappa shape index (κ3) is 2.94. The molecule has 4 heteroatoms. The van der Waals surface area contributed by atoms with Crippen LogP contribution < -0.4 is 0 Å². The van der Waals surface area contributed by atoms with Gasteiger partial charge in [-0.3, -0.25) is 0 Å². The Labute approximate surface area is 94.3 Å². The van der Waals surface area contributed by atoms with E-state index >= 15 is 0 Å². The highest BCUT2D eigenvalue weighted by molar-refractivity contribution is 6.64. The molecule has 0 bridgehead atoms.